The molecule has 7 heteroatoms. The first-order chi connectivity index (χ1) is 10.6. The Morgan fingerprint density at radius 3 is 2.91 bits per heavy atom. The van der Waals surface area contributed by atoms with E-state index in [2.05, 4.69) is 10.1 Å². The van der Waals surface area contributed by atoms with Gasteiger partial charge in [-0.1, -0.05) is 18.5 Å². The topological polar surface area (TPSA) is 51.0 Å². The van der Waals surface area contributed by atoms with Gasteiger partial charge in [0, 0.05) is 12.7 Å². The number of hydrogen-bond acceptors (Lipinski definition) is 4. The maximum absolute atomic E-state index is 12.6. The highest BCUT2D eigenvalue weighted by atomic mass is 35.5. The Kier molecular flexibility index (Phi) is 5.85. The molecule has 0 radical (unpaired) electrons. The summed E-state index contributed by atoms with van der Waals surface area (Å²) in [6.45, 7) is 4.54. The van der Waals surface area contributed by atoms with E-state index in [4.69, 9.17) is 11.6 Å². The fourth-order valence-electron chi connectivity index (χ4n) is 2.04. The van der Waals surface area contributed by atoms with Crippen LogP contribution < -0.4 is 4.90 Å². The van der Waals surface area contributed by atoms with Crippen LogP contribution in [0.2, 0.25) is 5.15 Å². The van der Waals surface area contributed by atoms with Crippen molar-refractivity contribution in [2.24, 2.45) is 0 Å². The number of aromatic nitrogens is 3. The zero-order valence-corrected chi connectivity index (χ0v) is 14.4. The molecule has 2 rings (SSSR count). The van der Waals surface area contributed by atoms with E-state index in [1.54, 1.807) is 28.2 Å². The number of hydrogen-bond donors (Lipinski definition) is 0. The van der Waals surface area contributed by atoms with Gasteiger partial charge in [0.05, 0.1) is 23.3 Å². The third kappa shape index (κ3) is 3.62. The van der Waals surface area contributed by atoms with Crippen LogP contribution in [0.4, 0.5) is 5.69 Å². The Bertz CT molecular complexity index is 632. The van der Waals surface area contributed by atoms with Crippen molar-refractivity contribution in [3.63, 3.8) is 0 Å². The molecule has 22 heavy (non-hydrogen) atoms. The van der Waals surface area contributed by atoms with E-state index < -0.39 is 0 Å². The lowest BCUT2D eigenvalue weighted by Gasteiger charge is -2.23. The van der Waals surface area contributed by atoms with Crippen LogP contribution in [-0.2, 0) is 4.79 Å². The highest BCUT2D eigenvalue weighted by Gasteiger charge is 2.24. The summed E-state index contributed by atoms with van der Waals surface area (Å²) in [7, 11) is 0. The minimum Gasteiger partial charge on any atom is -0.307 e. The molecule has 0 saturated heterocycles. The lowest BCUT2D eigenvalue weighted by Crippen LogP contribution is -2.37. The van der Waals surface area contributed by atoms with E-state index in [1.165, 1.54) is 11.8 Å². The van der Waals surface area contributed by atoms with Gasteiger partial charge in [0.25, 0.3) is 0 Å². The second-order valence-electron chi connectivity index (χ2n) is 4.83. The largest absolute Gasteiger partial charge is 0.307 e. The normalized spacial score (nSPS) is 12.2. The molecule has 2 aromatic heterocycles. The molecule has 2 heterocycles. The standard InChI is InChI=1S/C15H19ClN4OS/c1-4-8-19(15(21)11(2)22-3)13-10-20(18-14(13)16)12-6-5-7-17-9-12/h5-7,9-11H,4,8H2,1-3H3. The summed E-state index contributed by atoms with van der Waals surface area (Å²) in [5, 5.41) is 4.49. The van der Waals surface area contributed by atoms with E-state index in [9.17, 15) is 4.79 Å². The molecule has 1 atom stereocenters. The van der Waals surface area contributed by atoms with Crippen LogP contribution in [0.25, 0.3) is 5.69 Å². The third-order valence-corrected chi connectivity index (χ3v) is 4.45. The molecule has 0 aliphatic heterocycles. The molecule has 0 aromatic carbocycles. The summed E-state index contributed by atoms with van der Waals surface area (Å²) in [6.07, 6.45) is 7.95. The Morgan fingerprint density at radius 1 is 1.55 bits per heavy atom. The monoisotopic (exact) mass is 338 g/mol. The number of carbonyl (C=O) groups excluding carboxylic acids is 1. The summed E-state index contributed by atoms with van der Waals surface area (Å²) in [6, 6.07) is 3.71. The van der Waals surface area contributed by atoms with Crippen LogP contribution in [0.15, 0.2) is 30.7 Å². The minimum atomic E-state index is -0.121. The fraction of sp³-hybridized carbons (Fsp3) is 0.400. The molecule has 0 fully saturated rings. The second-order valence-corrected chi connectivity index (χ2v) is 6.37. The summed E-state index contributed by atoms with van der Waals surface area (Å²) >= 11 is 7.78. The van der Waals surface area contributed by atoms with E-state index in [1.807, 2.05) is 32.2 Å². The fourth-order valence-corrected chi connectivity index (χ4v) is 2.60. The lowest BCUT2D eigenvalue weighted by molar-refractivity contribution is -0.117. The number of amides is 1. The quantitative estimate of drug-likeness (QED) is 0.809. The molecule has 0 saturated carbocycles. The molecule has 0 aliphatic carbocycles. The second kappa shape index (κ2) is 7.65. The van der Waals surface area contributed by atoms with Gasteiger partial charge in [0.2, 0.25) is 5.91 Å². The van der Waals surface area contributed by atoms with Crippen LogP contribution in [0.1, 0.15) is 20.3 Å². The Morgan fingerprint density at radius 2 is 2.32 bits per heavy atom. The molecular formula is C15H19ClN4OS. The molecule has 5 nitrogen and oxygen atoms in total. The van der Waals surface area contributed by atoms with Crippen molar-refractivity contribution in [2.75, 3.05) is 17.7 Å². The highest BCUT2D eigenvalue weighted by molar-refractivity contribution is 7.99. The zero-order chi connectivity index (χ0) is 16.1. The van der Waals surface area contributed by atoms with Crippen molar-refractivity contribution in [3.8, 4) is 5.69 Å². The highest BCUT2D eigenvalue weighted by Crippen LogP contribution is 2.28. The summed E-state index contributed by atoms with van der Waals surface area (Å²) in [5.74, 6) is 0.0435. The summed E-state index contributed by atoms with van der Waals surface area (Å²) < 4.78 is 1.64. The molecule has 118 valence electrons. The van der Waals surface area contributed by atoms with Crippen LogP contribution in [0.3, 0.4) is 0 Å². The number of anilines is 1. The average Bonchev–Trinajstić information content (AvgIpc) is 2.93. The predicted molar refractivity (Wildman–Crippen MR) is 92.0 cm³/mol. The van der Waals surface area contributed by atoms with E-state index in [0.717, 1.165) is 12.1 Å². The van der Waals surface area contributed by atoms with Gasteiger partial charge < -0.3 is 4.90 Å². The van der Waals surface area contributed by atoms with Crippen molar-refractivity contribution in [3.05, 3.63) is 35.9 Å². The number of rotatable bonds is 6. The van der Waals surface area contributed by atoms with Gasteiger partial charge in [-0.25, -0.2) is 4.68 Å². The number of pyridine rings is 1. The smallest absolute Gasteiger partial charge is 0.239 e. The first kappa shape index (κ1) is 16.8. The average molecular weight is 339 g/mol. The van der Waals surface area contributed by atoms with E-state index in [0.29, 0.717) is 17.4 Å². The van der Waals surface area contributed by atoms with E-state index in [-0.39, 0.29) is 11.2 Å². The SMILES string of the molecule is CCCN(C(=O)C(C)SC)c1cn(-c2cccnc2)nc1Cl. The van der Waals surface area contributed by atoms with Gasteiger partial charge in [-0.2, -0.15) is 16.9 Å². The van der Waals surface area contributed by atoms with Crippen LogP contribution >= 0.6 is 23.4 Å². The van der Waals surface area contributed by atoms with Gasteiger partial charge in [-0.15, -0.1) is 0 Å². The molecular weight excluding hydrogens is 320 g/mol. The van der Waals surface area contributed by atoms with Crippen molar-refractivity contribution in [1.82, 2.24) is 14.8 Å². The Hall–Kier alpha value is -1.53. The first-order valence-electron chi connectivity index (χ1n) is 7.08. The van der Waals surface area contributed by atoms with Gasteiger partial charge in [-0.3, -0.25) is 9.78 Å². The Labute approximate surface area is 139 Å². The zero-order valence-electron chi connectivity index (χ0n) is 12.9. The minimum absolute atomic E-state index is 0.0435. The lowest BCUT2D eigenvalue weighted by atomic mass is 10.3. The van der Waals surface area contributed by atoms with E-state index >= 15 is 0 Å². The molecule has 0 spiro atoms. The summed E-state index contributed by atoms with van der Waals surface area (Å²) in [4.78, 5) is 18.3. The molecule has 0 aliphatic rings. The Balaban J connectivity index is 2.36. The molecule has 0 N–H and O–H groups in total. The van der Waals surface area contributed by atoms with Crippen molar-refractivity contribution < 1.29 is 4.79 Å². The first-order valence-corrected chi connectivity index (χ1v) is 8.74. The van der Waals surface area contributed by atoms with Crippen molar-refractivity contribution in [1.29, 1.82) is 0 Å². The summed E-state index contributed by atoms with van der Waals surface area (Å²) in [5.41, 5.74) is 1.44. The van der Waals surface area contributed by atoms with Gasteiger partial charge in [0.1, 0.15) is 5.69 Å². The maximum atomic E-state index is 12.6. The van der Waals surface area contributed by atoms with Gasteiger partial charge in [0.15, 0.2) is 5.15 Å². The van der Waals surface area contributed by atoms with Crippen LogP contribution in [0.5, 0.6) is 0 Å². The van der Waals surface area contributed by atoms with Crippen LogP contribution in [-0.4, -0.2) is 38.7 Å². The molecule has 1 unspecified atom stereocenters. The van der Waals surface area contributed by atoms with Crippen molar-refractivity contribution in [2.45, 2.75) is 25.5 Å². The molecule has 1 amide bonds. The maximum Gasteiger partial charge on any atom is 0.239 e. The third-order valence-electron chi connectivity index (χ3n) is 3.27. The molecule has 2 aromatic rings. The van der Waals surface area contributed by atoms with Gasteiger partial charge >= 0.3 is 0 Å². The number of nitrogens with zero attached hydrogens (tertiary/aromatic N) is 4. The predicted octanol–water partition coefficient (Wildman–Crippen LogP) is 3.42. The number of carbonyl (C=O) groups is 1. The number of halogens is 1. The van der Waals surface area contributed by atoms with Gasteiger partial charge in [-0.05, 0) is 31.7 Å². The van der Waals surface area contributed by atoms with Crippen molar-refractivity contribution >= 4 is 35.0 Å². The van der Waals surface area contributed by atoms with Crippen LogP contribution in [0, 0.1) is 0 Å². The molecule has 0 bridgehead atoms. The number of thioether (sulfide) groups is 1.